The third kappa shape index (κ3) is 3.15. The molecule has 0 atom stereocenters. The van der Waals surface area contributed by atoms with Crippen molar-refractivity contribution in [2.24, 2.45) is 0 Å². The van der Waals surface area contributed by atoms with Crippen molar-refractivity contribution in [2.45, 2.75) is 9.79 Å². The Labute approximate surface area is 146 Å². The lowest BCUT2D eigenvalue weighted by atomic mass is 10.1. The highest BCUT2D eigenvalue weighted by Crippen LogP contribution is 2.41. The predicted molar refractivity (Wildman–Crippen MR) is 100 cm³/mol. The lowest BCUT2D eigenvalue weighted by Gasteiger charge is -2.02. The first kappa shape index (κ1) is 14.9. The maximum atomic E-state index is 6.24. The fourth-order valence-corrected chi connectivity index (χ4v) is 3.57. The van der Waals surface area contributed by atoms with Crippen molar-refractivity contribution in [3.8, 4) is 22.6 Å². The average molecular weight is 328 g/mol. The Hall–Kier alpha value is -2.71. The predicted octanol–water partition coefficient (Wildman–Crippen LogP) is 6.76. The summed E-state index contributed by atoms with van der Waals surface area (Å²) in [6.45, 7) is 0. The monoisotopic (exact) mass is 328 g/mol. The van der Waals surface area contributed by atoms with Crippen molar-refractivity contribution in [2.75, 3.05) is 0 Å². The van der Waals surface area contributed by atoms with Crippen molar-refractivity contribution in [1.82, 2.24) is 0 Å². The van der Waals surface area contributed by atoms with Crippen LogP contribution >= 0.6 is 11.8 Å². The zero-order valence-corrected chi connectivity index (χ0v) is 13.9. The van der Waals surface area contributed by atoms with Crippen molar-refractivity contribution in [3.63, 3.8) is 0 Å². The SMILES string of the molecule is c1ccc(Sc2cc(-c3ccccc3)oc2-c2ccccc2)cc1. The van der Waals surface area contributed by atoms with Crippen LogP contribution in [-0.2, 0) is 0 Å². The van der Waals surface area contributed by atoms with Crippen LogP contribution in [0.2, 0.25) is 0 Å². The van der Waals surface area contributed by atoms with Crippen LogP contribution in [0.15, 0.2) is 111 Å². The first-order valence-corrected chi connectivity index (χ1v) is 8.69. The Bertz CT molecular complexity index is 912. The summed E-state index contributed by atoms with van der Waals surface area (Å²) in [5.41, 5.74) is 2.19. The minimum Gasteiger partial charge on any atom is -0.455 e. The molecule has 1 heterocycles. The van der Waals surface area contributed by atoms with E-state index in [0.29, 0.717) is 0 Å². The summed E-state index contributed by atoms with van der Waals surface area (Å²) in [5.74, 6) is 1.82. The molecule has 3 aromatic carbocycles. The molecule has 4 rings (SSSR count). The lowest BCUT2D eigenvalue weighted by Crippen LogP contribution is -1.76. The Kier molecular flexibility index (Phi) is 4.22. The van der Waals surface area contributed by atoms with Gasteiger partial charge in [0.05, 0.1) is 4.90 Å². The van der Waals surface area contributed by atoms with Crippen LogP contribution in [0, 0.1) is 0 Å². The van der Waals surface area contributed by atoms with E-state index in [1.165, 1.54) is 4.90 Å². The smallest absolute Gasteiger partial charge is 0.148 e. The summed E-state index contributed by atoms with van der Waals surface area (Å²) >= 11 is 1.73. The zero-order chi connectivity index (χ0) is 16.2. The van der Waals surface area contributed by atoms with Gasteiger partial charge in [0, 0.05) is 16.0 Å². The Balaban J connectivity index is 1.80. The van der Waals surface area contributed by atoms with Gasteiger partial charge in [-0.3, -0.25) is 0 Å². The van der Waals surface area contributed by atoms with E-state index in [-0.39, 0.29) is 0 Å². The van der Waals surface area contributed by atoms with Crippen molar-refractivity contribution < 1.29 is 4.42 Å². The quantitative estimate of drug-likeness (QED) is 0.410. The van der Waals surface area contributed by atoms with Crippen LogP contribution in [0.4, 0.5) is 0 Å². The molecule has 1 nitrogen and oxygen atoms in total. The number of hydrogen-bond donors (Lipinski definition) is 0. The van der Waals surface area contributed by atoms with Gasteiger partial charge in [0.2, 0.25) is 0 Å². The fraction of sp³-hybridized carbons (Fsp3) is 0. The van der Waals surface area contributed by atoms with Gasteiger partial charge in [0.15, 0.2) is 0 Å². The summed E-state index contributed by atoms with van der Waals surface area (Å²) in [6.07, 6.45) is 0. The van der Waals surface area contributed by atoms with Crippen molar-refractivity contribution >= 4 is 11.8 Å². The maximum absolute atomic E-state index is 6.24. The minimum absolute atomic E-state index is 0.896. The van der Waals surface area contributed by atoms with Gasteiger partial charge in [-0.2, -0.15) is 0 Å². The molecule has 0 aliphatic rings. The molecule has 0 aliphatic carbocycles. The first-order valence-electron chi connectivity index (χ1n) is 7.88. The molecular weight excluding hydrogens is 312 g/mol. The molecule has 2 heteroatoms. The van der Waals surface area contributed by atoms with Gasteiger partial charge in [0.1, 0.15) is 11.5 Å². The van der Waals surface area contributed by atoms with Gasteiger partial charge in [-0.25, -0.2) is 0 Å². The van der Waals surface area contributed by atoms with E-state index in [9.17, 15) is 0 Å². The summed E-state index contributed by atoms with van der Waals surface area (Å²) in [4.78, 5) is 2.33. The summed E-state index contributed by atoms with van der Waals surface area (Å²) in [6, 6.07) is 33.0. The van der Waals surface area contributed by atoms with Crippen LogP contribution < -0.4 is 0 Å². The van der Waals surface area contributed by atoms with E-state index in [1.54, 1.807) is 11.8 Å². The van der Waals surface area contributed by atoms with Gasteiger partial charge < -0.3 is 4.42 Å². The third-order valence-electron chi connectivity index (χ3n) is 3.76. The van der Waals surface area contributed by atoms with Crippen LogP contribution in [0.5, 0.6) is 0 Å². The molecule has 0 bridgehead atoms. The molecule has 0 aliphatic heterocycles. The highest BCUT2D eigenvalue weighted by molar-refractivity contribution is 7.99. The summed E-state index contributed by atoms with van der Waals surface area (Å²) < 4.78 is 6.24. The molecule has 0 unspecified atom stereocenters. The van der Waals surface area contributed by atoms with Crippen molar-refractivity contribution in [1.29, 1.82) is 0 Å². The molecule has 0 fully saturated rings. The van der Waals surface area contributed by atoms with Crippen LogP contribution in [0.3, 0.4) is 0 Å². The maximum Gasteiger partial charge on any atom is 0.148 e. The molecule has 1 aromatic heterocycles. The van der Waals surface area contributed by atoms with Gasteiger partial charge >= 0.3 is 0 Å². The highest BCUT2D eigenvalue weighted by Gasteiger charge is 2.15. The minimum atomic E-state index is 0.896. The van der Waals surface area contributed by atoms with Crippen LogP contribution in [0.1, 0.15) is 0 Å². The molecule has 24 heavy (non-hydrogen) atoms. The molecule has 0 saturated heterocycles. The van der Waals surface area contributed by atoms with E-state index >= 15 is 0 Å². The number of benzene rings is 3. The Morgan fingerprint density at radius 1 is 0.583 bits per heavy atom. The second kappa shape index (κ2) is 6.81. The first-order chi connectivity index (χ1) is 11.9. The van der Waals surface area contributed by atoms with E-state index < -0.39 is 0 Å². The normalized spacial score (nSPS) is 10.7. The molecule has 0 N–H and O–H groups in total. The molecule has 0 radical (unpaired) electrons. The van der Waals surface area contributed by atoms with Gasteiger partial charge in [-0.15, -0.1) is 0 Å². The second-order valence-electron chi connectivity index (χ2n) is 5.45. The van der Waals surface area contributed by atoms with E-state index in [0.717, 1.165) is 27.5 Å². The van der Waals surface area contributed by atoms with Crippen molar-refractivity contribution in [3.05, 3.63) is 97.1 Å². The molecule has 4 aromatic rings. The molecule has 0 saturated carbocycles. The largest absolute Gasteiger partial charge is 0.455 e. The molecule has 0 spiro atoms. The molecule has 0 amide bonds. The topological polar surface area (TPSA) is 13.1 Å². The second-order valence-corrected chi connectivity index (χ2v) is 6.57. The van der Waals surface area contributed by atoms with Gasteiger partial charge in [0.25, 0.3) is 0 Å². The Morgan fingerprint density at radius 2 is 1.12 bits per heavy atom. The van der Waals surface area contributed by atoms with E-state index in [4.69, 9.17) is 4.42 Å². The van der Waals surface area contributed by atoms with Gasteiger partial charge in [-0.1, -0.05) is 90.6 Å². The highest BCUT2D eigenvalue weighted by atomic mass is 32.2. The molecule has 116 valence electrons. The average Bonchev–Trinajstić information content (AvgIpc) is 3.08. The number of hydrogen-bond acceptors (Lipinski definition) is 2. The summed E-state index contributed by atoms with van der Waals surface area (Å²) in [7, 11) is 0. The van der Waals surface area contributed by atoms with Crippen LogP contribution in [-0.4, -0.2) is 0 Å². The fourth-order valence-electron chi connectivity index (χ4n) is 2.60. The number of rotatable bonds is 4. The molecular formula is C22H16OS. The lowest BCUT2D eigenvalue weighted by molar-refractivity contribution is 0.592. The standard InChI is InChI=1S/C22H16OS/c1-4-10-17(11-5-1)20-16-21(24-19-14-8-3-9-15-19)22(23-20)18-12-6-2-7-13-18/h1-16H. The van der Waals surface area contributed by atoms with Gasteiger partial charge in [-0.05, 0) is 18.2 Å². The van der Waals surface area contributed by atoms with E-state index in [1.807, 2.05) is 42.5 Å². The van der Waals surface area contributed by atoms with Crippen LogP contribution in [0.25, 0.3) is 22.6 Å². The Morgan fingerprint density at radius 3 is 1.75 bits per heavy atom. The third-order valence-corrected chi connectivity index (χ3v) is 4.79. The summed E-state index contributed by atoms with van der Waals surface area (Å²) in [5, 5.41) is 0. The van der Waals surface area contributed by atoms with E-state index in [2.05, 4.69) is 54.6 Å². The zero-order valence-electron chi connectivity index (χ0n) is 13.1. The number of furan rings is 1.